The predicted octanol–water partition coefficient (Wildman–Crippen LogP) is 5.43. The van der Waals surface area contributed by atoms with E-state index in [0.29, 0.717) is 44.6 Å². The molecule has 0 radical (unpaired) electrons. The van der Waals surface area contributed by atoms with Crippen LogP contribution >= 0.6 is 34.5 Å². The molecule has 5 rings (SSSR count). The van der Waals surface area contributed by atoms with Gasteiger partial charge >= 0.3 is 5.97 Å². The Morgan fingerprint density at radius 2 is 2.24 bits per heavy atom. The molecule has 1 aliphatic rings. The lowest BCUT2D eigenvalue weighted by Crippen LogP contribution is -2.41. The van der Waals surface area contributed by atoms with Crippen molar-refractivity contribution in [3.8, 4) is 17.5 Å². The van der Waals surface area contributed by atoms with Gasteiger partial charge in [-0.2, -0.15) is 9.50 Å². The minimum atomic E-state index is -0.414. The average Bonchev–Trinajstić information content (AvgIpc) is 3.55. The van der Waals surface area contributed by atoms with E-state index in [4.69, 9.17) is 32.4 Å². The Hall–Kier alpha value is -2.59. The maximum atomic E-state index is 12.5. The number of thiazole rings is 1. The number of carbonyl (C=O) groups is 1. The molecule has 0 bridgehead atoms. The van der Waals surface area contributed by atoms with Gasteiger partial charge in [0.25, 0.3) is 0 Å². The highest BCUT2D eigenvalue weighted by atomic mass is 35.5. The van der Waals surface area contributed by atoms with Crippen LogP contribution < -0.4 is 0 Å². The van der Waals surface area contributed by atoms with Crippen LogP contribution in [0.25, 0.3) is 16.5 Å². The lowest BCUT2D eigenvalue weighted by Gasteiger charge is -2.37. The molecule has 2 atom stereocenters. The standard InChI is InChI=1S/C23H22Cl2N4O4S/c1-2-32-22(31)13-5-3-9-28(12-13)18(15-8-7-14(24)11-16(15)25)19-21(30)29-23(34-19)26-20(27-29)17-6-4-10-33-17/h4,6-8,10-11,13,18,30H,2-3,5,9,12H2,1H3/t13-,18+/m0/s1. The van der Waals surface area contributed by atoms with E-state index in [1.54, 1.807) is 37.5 Å². The van der Waals surface area contributed by atoms with Crippen LogP contribution in [0.15, 0.2) is 41.0 Å². The molecule has 8 nitrogen and oxygen atoms in total. The number of likely N-dealkylation sites (tertiary alicyclic amines) is 1. The number of piperidine rings is 1. The number of halogens is 2. The maximum absolute atomic E-state index is 12.5. The van der Waals surface area contributed by atoms with Crippen LogP contribution in [-0.2, 0) is 9.53 Å². The molecule has 0 unspecified atom stereocenters. The Morgan fingerprint density at radius 3 is 2.94 bits per heavy atom. The zero-order chi connectivity index (χ0) is 23.8. The number of aromatic nitrogens is 3. The summed E-state index contributed by atoms with van der Waals surface area (Å²) in [7, 11) is 0. The number of nitrogens with zero attached hydrogens (tertiary/aromatic N) is 4. The van der Waals surface area contributed by atoms with Gasteiger partial charge in [0.2, 0.25) is 16.7 Å². The minimum absolute atomic E-state index is 0.0282. The average molecular weight is 521 g/mol. The Bertz CT molecular complexity index is 1320. The molecule has 1 saturated heterocycles. The molecule has 1 N–H and O–H groups in total. The number of furan rings is 1. The second-order valence-electron chi connectivity index (χ2n) is 8.05. The summed E-state index contributed by atoms with van der Waals surface area (Å²) in [6.45, 7) is 3.35. The fraction of sp³-hybridized carbons (Fsp3) is 0.348. The summed E-state index contributed by atoms with van der Waals surface area (Å²) in [5.74, 6) is 0.418. The quantitative estimate of drug-likeness (QED) is 0.339. The number of benzene rings is 1. The van der Waals surface area contributed by atoms with Gasteiger partial charge in [-0.3, -0.25) is 9.69 Å². The van der Waals surface area contributed by atoms with Crippen molar-refractivity contribution in [2.45, 2.75) is 25.8 Å². The van der Waals surface area contributed by atoms with Gasteiger partial charge in [-0.15, -0.1) is 5.10 Å². The molecule has 1 aromatic carbocycles. The van der Waals surface area contributed by atoms with Gasteiger partial charge in [0.05, 0.1) is 29.7 Å². The molecule has 1 fully saturated rings. The highest BCUT2D eigenvalue weighted by Gasteiger charge is 2.36. The third-order valence-corrected chi connectivity index (χ3v) is 7.52. The van der Waals surface area contributed by atoms with Crippen molar-refractivity contribution in [1.29, 1.82) is 0 Å². The van der Waals surface area contributed by atoms with E-state index >= 15 is 0 Å². The highest BCUT2D eigenvalue weighted by molar-refractivity contribution is 7.17. The van der Waals surface area contributed by atoms with Crippen molar-refractivity contribution in [1.82, 2.24) is 19.5 Å². The molecular formula is C23H22Cl2N4O4S. The fourth-order valence-electron chi connectivity index (χ4n) is 4.36. The summed E-state index contributed by atoms with van der Waals surface area (Å²) in [5, 5.41) is 16.6. The van der Waals surface area contributed by atoms with Crippen LogP contribution in [-0.4, -0.2) is 50.3 Å². The SMILES string of the molecule is CCOC(=O)[C@H]1CCCN([C@H](c2ccc(Cl)cc2Cl)c2sc3nc(-c4ccco4)nn3c2O)C1. The van der Waals surface area contributed by atoms with Crippen molar-refractivity contribution in [3.63, 3.8) is 0 Å². The zero-order valence-corrected chi connectivity index (χ0v) is 20.6. The van der Waals surface area contributed by atoms with Crippen molar-refractivity contribution in [2.75, 3.05) is 19.7 Å². The van der Waals surface area contributed by atoms with E-state index in [2.05, 4.69) is 15.0 Å². The number of carbonyl (C=O) groups excluding carboxylic acids is 1. The summed E-state index contributed by atoms with van der Waals surface area (Å²) in [4.78, 5) is 20.3. The normalized spacial score (nSPS) is 17.8. The van der Waals surface area contributed by atoms with Crippen molar-refractivity contribution in [2.24, 2.45) is 5.92 Å². The summed E-state index contributed by atoms with van der Waals surface area (Å²) >= 11 is 14.1. The molecule has 11 heteroatoms. The molecule has 0 amide bonds. The summed E-state index contributed by atoms with van der Waals surface area (Å²) in [5.41, 5.74) is 0.779. The topological polar surface area (TPSA) is 93.1 Å². The molecule has 3 aromatic heterocycles. The van der Waals surface area contributed by atoms with E-state index in [0.717, 1.165) is 24.9 Å². The van der Waals surface area contributed by atoms with E-state index in [9.17, 15) is 9.90 Å². The van der Waals surface area contributed by atoms with Crippen LogP contribution in [0, 0.1) is 5.92 Å². The number of hydrogen-bond donors (Lipinski definition) is 1. The summed E-state index contributed by atoms with van der Waals surface area (Å²) < 4.78 is 12.1. The van der Waals surface area contributed by atoms with Gasteiger partial charge in [-0.1, -0.05) is 40.6 Å². The van der Waals surface area contributed by atoms with Gasteiger partial charge in [0.1, 0.15) is 0 Å². The summed E-state index contributed by atoms with van der Waals surface area (Å²) in [6, 6.07) is 8.41. The number of ether oxygens (including phenoxy) is 1. The van der Waals surface area contributed by atoms with Gasteiger partial charge in [-0.05, 0) is 56.1 Å². The Morgan fingerprint density at radius 1 is 1.38 bits per heavy atom. The van der Waals surface area contributed by atoms with Crippen LogP contribution in [0.2, 0.25) is 10.0 Å². The minimum Gasteiger partial charge on any atom is -0.492 e. The van der Waals surface area contributed by atoms with Crippen LogP contribution in [0.4, 0.5) is 0 Å². The van der Waals surface area contributed by atoms with Crippen molar-refractivity contribution < 1.29 is 19.1 Å². The van der Waals surface area contributed by atoms with Crippen molar-refractivity contribution in [3.05, 3.63) is 57.1 Å². The van der Waals surface area contributed by atoms with E-state index in [-0.39, 0.29) is 17.8 Å². The smallest absolute Gasteiger partial charge is 0.310 e. The molecule has 178 valence electrons. The zero-order valence-electron chi connectivity index (χ0n) is 18.3. The first-order chi connectivity index (χ1) is 16.5. The maximum Gasteiger partial charge on any atom is 0.310 e. The molecule has 0 saturated carbocycles. The molecule has 34 heavy (non-hydrogen) atoms. The second-order valence-corrected chi connectivity index (χ2v) is 9.90. The predicted molar refractivity (Wildman–Crippen MR) is 129 cm³/mol. The first-order valence-corrected chi connectivity index (χ1v) is 12.5. The largest absolute Gasteiger partial charge is 0.492 e. The number of aromatic hydroxyl groups is 1. The van der Waals surface area contributed by atoms with Gasteiger partial charge in [0.15, 0.2) is 5.76 Å². The van der Waals surface area contributed by atoms with E-state index in [1.165, 1.54) is 15.9 Å². The Balaban J connectivity index is 1.57. The summed E-state index contributed by atoms with van der Waals surface area (Å²) in [6.07, 6.45) is 3.12. The molecule has 0 spiro atoms. The molecule has 4 heterocycles. The second kappa shape index (κ2) is 9.58. The third kappa shape index (κ3) is 4.29. The van der Waals surface area contributed by atoms with E-state index < -0.39 is 6.04 Å². The number of hydrogen-bond acceptors (Lipinski definition) is 8. The van der Waals surface area contributed by atoms with Gasteiger partial charge in [-0.25, -0.2) is 0 Å². The number of esters is 1. The molecular weight excluding hydrogens is 499 g/mol. The lowest BCUT2D eigenvalue weighted by molar-refractivity contribution is -0.150. The van der Waals surface area contributed by atoms with Gasteiger partial charge in [0, 0.05) is 16.6 Å². The monoisotopic (exact) mass is 520 g/mol. The lowest BCUT2D eigenvalue weighted by atomic mass is 9.94. The Kier molecular flexibility index (Phi) is 6.52. The van der Waals surface area contributed by atoms with Crippen LogP contribution in [0.3, 0.4) is 0 Å². The Labute approximate surface area is 209 Å². The van der Waals surface area contributed by atoms with Crippen molar-refractivity contribution >= 4 is 45.5 Å². The molecule has 1 aliphatic heterocycles. The molecule has 0 aliphatic carbocycles. The van der Waals surface area contributed by atoms with E-state index in [1.807, 2.05) is 6.07 Å². The number of fused-ring (bicyclic) bond motifs is 1. The first kappa shape index (κ1) is 23.2. The van der Waals surface area contributed by atoms with Crippen LogP contribution in [0.5, 0.6) is 5.88 Å². The fourth-order valence-corrected chi connectivity index (χ4v) is 5.98. The highest BCUT2D eigenvalue weighted by Crippen LogP contribution is 2.44. The van der Waals surface area contributed by atoms with Crippen LogP contribution in [0.1, 0.15) is 36.2 Å². The number of rotatable bonds is 6. The van der Waals surface area contributed by atoms with Gasteiger partial charge < -0.3 is 14.3 Å². The third-order valence-electron chi connectivity index (χ3n) is 5.88. The molecule has 4 aromatic rings. The first-order valence-electron chi connectivity index (χ1n) is 10.9.